The van der Waals surface area contributed by atoms with Gasteiger partial charge in [-0.25, -0.2) is 4.39 Å². The van der Waals surface area contributed by atoms with Crippen LogP contribution in [0.5, 0.6) is 0 Å². The van der Waals surface area contributed by atoms with Gasteiger partial charge in [0.1, 0.15) is 23.7 Å². The number of Topliss-reactive ketones (excluding diaryl/α,β-unsaturated/α-hetero) is 1. The Morgan fingerprint density at radius 3 is 2.86 bits per heavy atom. The van der Waals surface area contributed by atoms with E-state index in [4.69, 9.17) is 9.73 Å². The summed E-state index contributed by atoms with van der Waals surface area (Å²) in [6.07, 6.45) is 0.268. The molecule has 2 heterocycles. The van der Waals surface area contributed by atoms with Gasteiger partial charge in [0.05, 0.1) is 18.1 Å². The molecule has 2 aliphatic rings. The third kappa shape index (κ3) is 3.47. The standard InChI is InChI=1S/C21H17BrFNO3S/c22-14-6-7-17(23)15(8-14)21-12-27-19(10-25)16(21)11-28-20(24-21)9-18(26)13-4-2-1-3-5-13/h1-8,10,16,19H,9,11-12H2/t16-,19-,21-/m0/s1. The average molecular weight is 462 g/mol. The van der Waals surface area contributed by atoms with Crippen LogP contribution in [-0.2, 0) is 15.1 Å². The van der Waals surface area contributed by atoms with Gasteiger partial charge in [0.15, 0.2) is 5.78 Å². The molecule has 0 aliphatic carbocycles. The summed E-state index contributed by atoms with van der Waals surface area (Å²) in [5.74, 6) is -0.181. The number of benzene rings is 2. The molecular weight excluding hydrogens is 445 g/mol. The first kappa shape index (κ1) is 19.5. The van der Waals surface area contributed by atoms with E-state index in [0.717, 1.165) is 10.8 Å². The molecule has 0 radical (unpaired) electrons. The van der Waals surface area contributed by atoms with Gasteiger partial charge in [0.25, 0.3) is 0 Å². The van der Waals surface area contributed by atoms with E-state index < -0.39 is 17.5 Å². The van der Waals surface area contributed by atoms with Gasteiger partial charge >= 0.3 is 0 Å². The molecule has 0 saturated carbocycles. The molecule has 4 nitrogen and oxygen atoms in total. The van der Waals surface area contributed by atoms with Gasteiger partial charge in [-0.2, -0.15) is 0 Å². The Balaban J connectivity index is 1.73. The first-order chi connectivity index (χ1) is 13.5. The van der Waals surface area contributed by atoms with Crippen molar-refractivity contribution in [2.75, 3.05) is 12.4 Å². The fraction of sp³-hybridized carbons (Fsp3) is 0.286. The molecule has 0 N–H and O–H groups in total. The van der Waals surface area contributed by atoms with Crippen LogP contribution >= 0.6 is 27.7 Å². The number of ether oxygens (including phenoxy) is 1. The van der Waals surface area contributed by atoms with Crippen molar-refractivity contribution in [2.45, 2.75) is 18.1 Å². The van der Waals surface area contributed by atoms with Crippen LogP contribution in [0.3, 0.4) is 0 Å². The lowest BCUT2D eigenvalue weighted by atomic mass is 9.79. The zero-order valence-corrected chi connectivity index (χ0v) is 17.2. The molecule has 0 spiro atoms. The SMILES string of the molecule is O=C[C@@H]1OC[C@@]2(c3cc(Br)ccc3F)N=C(CC(=O)c3ccccc3)SC[C@@H]12. The van der Waals surface area contributed by atoms with Crippen molar-refractivity contribution in [2.24, 2.45) is 10.9 Å². The van der Waals surface area contributed by atoms with Gasteiger partial charge in [0, 0.05) is 27.3 Å². The third-order valence-electron chi connectivity index (χ3n) is 5.20. The largest absolute Gasteiger partial charge is 0.367 e. The second-order valence-electron chi connectivity index (χ2n) is 6.85. The predicted molar refractivity (Wildman–Crippen MR) is 110 cm³/mol. The highest BCUT2D eigenvalue weighted by Crippen LogP contribution is 2.49. The second kappa shape index (κ2) is 7.89. The Labute approximate surface area is 174 Å². The maximum absolute atomic E-state index is 14.8. The molecule has 1 saturated heterocycles. The number of ketones is 1. The molecule has 4 rings (SSSR count). The molecular formula is C21H17BrFNO3S. The van der Waals surface area contributed by atoms with Gasteiger partial charge in [-0.05, 0) is 18.2 Å². The topological polar surface area (TPSA) is 55.7 Å². The van der Waals surface area contributed by atoms with Crippen molar-refractivity contribution >= 4 is 44.8 Å². The van der Waals surface area contributed by atoms with Crippen LogP contribution in [0, 0.1) is 11.7 Å². The van der Waals surface area contributed by atoms with E-state index in [1.165, 1.54) is 17.8 Å². The van der Waals surface area contributed by atoms with Crippen LogP contribution in [0.15, 0.2) is 58.0 Å². The predicted octanol–water partition coefficient (Wildman–Crippen LogP) is 4.42. The van der Waals surface area contributed by atoms with Crippen LogP contribution in [0.25, 0.3) is 0 Å². The summed E-state index contributed by atoms with van der Waals surface area (Å²) in [5.41, 5.74) is 0.00186. The molecule has 1 fully saturated rings. The van der Waals surface area contributed by atoms with Crippen molar-refractivity contribution in [3.8, 4) is 0 Å². The van der Waals surface area contributed by atoms with Crippen LogP contribution in [0.2, 0.25) is 0 Å². The number of thioether (sulfide) groups is 1. The molecule has 0 amide bonds. The molecule has 7 heteroatoms. The summed E-state index contributed by atoms with van der Waals surface area (Å²) >= 11 is 4.83. The lowest BCUT2D eigenvalue weighted by molar-refractivity contribution is -0.116. The second-order valence-corrected chi connectivity index (χ2v) is 8.86. The van der Waals surface area contributed by atoms with Crippen LogP contribution < -0.4 is 0 Å². The number of aliphatic imine (C=N–C) groups is 1. The summed E-state index contributed by atoms with van der Waals surface area (Å²) in [6, 6.07) is 13.7. The Morgan fingerprint density at radius 2 is 2.11 bits per heavy atom. The van der Waals surface area contributed by atoms with Crippen molar-refractivity contribution < 1.29 is 18.7 Å². The highest BCUT2D eigenvalue weighted by Gasteiger charge is 2.54. The maximum Gasteiger partial charge on any atom is 0.169 e. The van der Waals surface area contributed by atoms with Gasteiger partial charge in [-0.3, -0.25) is 9.79 Å². The zero-order chi connectivity index (χ0) is 19.7. The fourth-order valence-electron chi connectivity index (χ4n) is 3.76. The van der Waals surface area contributed by atoms with Crippen LogP contribution in [0.1, 0.15) is 22.3 Å². The lowest BCUT2D eigenvalue weighted by Crippen LogP contribution is -2.41. The molecule has 3 atom stereocenters. The number of carbonyl (C=O) groups excluding carboxylic acids is 2. The summed E-state index contributed by atoms with van der Waals surface area (Å²) in [7, 11) is 0. The van der Waals surface area contributed by atoms with Crippen molar-refractivity contribution in [3.05, 3.63) is 69.9 Å². The van der Waals surface area contributed by atoms with E-state index in [1.807, 2.05) is 18.2 Å². The number of hydrogen-bond acceptors (Lipinski definition) is 5. The molecule has 2 aromatic carbocycles. The minimum absolute atomic E-state index is 0.0407. The highest BCUT2D eigenvalue weighted by molar-refractivity contribution is 9.10. The van der Waals surface area contributed by atoms with E-state index in [0.29, 0.717) is 21.9 Å². The summed E-state index contributed by atoms with van der Waals surface area (Å²) < 4.78 is 21.2. The first-order valence-electron chi connectivity index (χ1n) is 8.86. The van der Waals surface area contributed by atoms with E-state index in [1.54, 1.807) is 24.3 Å². The van der Waals surface area contributed by atoms with Crippen LogP contribution in [-0.4, -0.2) is 35.6 Å². The third-order valence-corrected chi connectivity index (χ3v) is 6.78. The van der Waals surface area contributed by atoms with Gasteiger partial charge in [-0.15, -0.1) is 11.8 Å². The zero-order valence-electron chi connectivity index (χ0n) is 14.8. The molecule has 0 bridgehead atoms. The number of carbonyl (C=O) groups is 2. The molecule has 0 unspecified atom stereocenters. The van der Waals surface area contributed by atoms with Crippen molar-refractivity contribution in [1.29, 1.82) is 0 Å². The molecule has 0 aromatic heterocycles. The Bertz CT molecular complexity index is 952. The maximum atomic E-state index is 14.8. The summed E-state index contributed by atoms with van der Waals surface area (Å²) in [6.45, 7) is 0.109. The van der Waals surface area contributed by atoms with E-state index in [2.05, 4.69) is 15.9 Å². The van der Waals surface area contributed by atoms with Gasteiger partial charge < -0.3 is 9.53 Å². The number of fused-ring (bicyclic) bond motifs is 1. The summed E-state index contributed by atoms with van der Waals surface area (Å²) in [4.78, 5) is 28.9. The van der Waals surface area contributed by atoms with Gasteiger partial charge in [0.2, 0.25) is 0 Å². The lowest BCUT2D eigenvalue weighted by Gasteiger charge is -2.36. The Hall–Kier alpha value is -1.83. The minimum Gasteiger partial charge on any atom is -0.367 e. The van der Waals surface area contributed by atoms with E-state index in [-0.39, 0.29) is 24.7 Å². The highest BCUT2D eigenvalue weighted by atomic mass is 79.9. The number of aldehydes is 1. The number of rotatable bonds is 5. The number of nitrogens with zero attached hydrogens (tertiary/aromatic N) is 1. The fourth-order valence-corrected chi connectivity index (χ4v) is 5.42. The van der Waals surface area contributed by atoms with E-state index in [9.17, 15) is 14.0 Å². The summed E-state index contributed by atoms with van der Waals surface area (Å²) in [5, 5.41) is 0.639. The minimum atomic E-state index is -1.00. The van der Waals surface area contributed by atoms with Crippen molar-refractivity contribution in [3.63, 3.8) is 0 Å². The molecule has 2 aliphatic heterocycles. The van der Waals surface area contributed by atoms with Crippen LogP contribution in [0.4, 0.5) is 4.39 Å². The molecule has 144 valence electrons. The number of hydrogen-bond donors (Lipinski definition) is 0. The monoisotopic (exact) mass is 461 g/mol. The number of halogens is 2. The first-order valence-corrected chi connectivity index (χ1v) is 10.6. The van der Waals surface area contributed by atoms with E-state index >= 15 is 0 Å². The Kier molecular flexibility index (Phi) is 5.49. The molecule has 28 heavy (non-hydrogen) atoms. The Morgan fingerprint density at radius 1 is 1.32 bits per heavy atom. The van der Waals surface area contributed by atoms with Crippen molar-refractivity contribution in [1.82, 2.24) is 0 Å². The normalized spacial score (nSPS) is 26.4. The smallest absolute Gasteiger partial charge is 0.169 e. The molecule has 2 aromatic rings. The quantitative estimate of drug-likeness (QED) is 0.488. The average Bonchev–Trinajstić information content (AvgIpc) is 3.09. The van der Waals surface area contributed by atoms with Gasteiger partial charge in [-0.1, -0.05) is 46.3 Å².